The number of anilines is 2. The molecular weight excluding hydrogens is 843 g/mol. The molecule has 0 aromatic heterocycles. The molecule has 0 saturated heterocycles. The topological polar surface area (TPSA) is 124 Å². The lowest BCUT2D eigenvalue weighted by atomic mass is 10.1. The molecule has 0 fully saturated rings. The number of hydrogen-bond donors (Lipinski definition) is 0. The van der Waals surface area contributed by atoms with Crippen molar-refractivity contribution in [3.8, 4) is 11.5 Å². The Bertz CT molecular complexity index is 1890. The van der Waals surface area contributed by atoms with Crippen LogP contribution in [0.3, 0.4) is 0 Å². The normalized spacial score (nSPS) is 13.5. The highest BCUT2D eigenvalue weighted by Crippen LogP contribution is 2.22. The van der Waals surface area contributed by atoms with E-state index < -0.39 is 37.3 Å². The van der Waals surface area contributed by atoms with Crippen molar-refractivity contribution in [2.24, 2.45) is 0 Å². The van der Waals surface area contributed by atoms with Gasteiger partial charge in [-0.05, 0) is 125 Å². The summed E-state index contributed by atoms with van der Waals surface area (Å²) in [6, 6.07) is 31.5. The summed E-state index contributed by atoms with van der Waals surface area (Å²) in [4.78, 5) is 36.6. The summed E-state index contributed by atoms with van der Waals surface area (Å²) in [5.41, 5.74) is 5.87. The van der Waals surface area contributed by atoms with Crippen molar-refractivity contribution < 1.29 is 47.5 Å². The number of carbonyl (C=O) groups is 2. The Morgan fingerprint density at radius 3 is 1.18 bits per heavy atom. The van der Waals surface area contributed by atoms with E-state index in [1.54, 1.807) is 51.7 Å². The Kier molecular flexibility index (Phi) is 21.8. The lowest BCUT2D eigenvalue weighted by Gasteiger charge is -2.28. The maximum atomic E-state index is 13.6. The van der Waals surface area contributed by atoms with E-state index in [4.69, 9.17) is 37.9 Å². The highest BCUT2D eigenvalue weighted by Gasteiger charge is 2.24. The van der Waals surface area contributed by atoms with E-state index in [2.05, 4.69) is 4.90 Å². The molecular formula is C51H73N5O10. The zero-order valence-corrected chi connectivity index (χ0v) is 41.1. The average Bonchev–Trinajstić information content (AvgIpc) is 3.28. The third-order valence-corrected chi connectivity index (χ3v) is 10.8. The molecule has 0 aliphatic rings. The number of ether oxygens (including phenoxy) is 8. The van der Waals surface area contributed by atoms with Crippen LogP contribution in [-0.2, 0) is 54.6 Å². The van der Waals surface area contributed by atoms with Gasteiger partial charge < -0.3 is 52.6 Å². The van der Waals surface area contributed by atoms with Crippen LogP contribution < -0.4 is 19.3 Å². The van der Waals surface area contributed by atoms with Gasteiger partial charge >= 0.3 is 12.2 Å². The fraction of sp³-hybridized carbons (Fsp3) is 0.490. The first kappa shape index (κ1) is 53.0. The minimum atomic E-state index is -0.867. The molecule has 4 aromatic rings. The van der Waals surface area contributed by atoms with Crippen molar-refractivity contribution in [1.82, 2.24) is 14.7 Å². The third kappa shape index (κ3) is 18.4. The predicted octanol–water partition coefficient (Wildman–Crippen LogP) is 8.97. The molecule has 362 valence electrons. The van der Waals surface area contributed by atoms with Crippen molar-refractivity contribution in [3.63, 3.8) is 0 Å². The van der Waals surface area contributed by atoms with Gasteiger partial charge in [-0.15, -0.1) is 0 Å². The van der Waals surface area contributed by atoms with E-state index in [9.17, 15) is 9.59 Å². The highest BCUT2D eigenvalue weighted by molar-refractivity contribution is 5.68. The predicted molar refractivity (Wildman–Crippen MR) is 258 cm³/mol. The Balaban J connectivity index is 1.22. The molecule has 0 heterocycles. The summed E-state index contributed by atoms with van der Waals surface area (Å²) in [6.07, 6.45) is -2.63. The molecule has 4 aromatic carbocycles. The maximum absolute atomic E-state index is 13.6. The molecule has 0 saturated carbocycles. The maximum Gasteiger partial charge on any atom is 0.412 e. The molecule has 66 heavy (non-hydrogen) atoms. The molecule has 4 atom stereocenters. The van der Waals surface area contributed by atoms with Crippen LogP contribution in [0.15, 0.2) is 97.1 Å². The van der Waals surface area contributed by atoms with Crippen LogP contribution in [0.5, 0.6) is 11.5 Å². The van der Waals surface area contributed by atoms with E-state index in [0.29, 0.717) is 63.7 Å². The lowest BCUT2D eigenvalue weighted by molar-refractivity contribution is -0.218. The van der Waals surface area contributed by atoms with Crippen LogP contribution in [0, 0.1) is 0 Å². The number of carbonyl (C=O) groups excluding carboxylic acids is 2. The fourth-order valence-corrected chi connectivity index (χ4v) is 7.10. The van der Waals surface area contributed by atoms with Gasteiger partial charge in [0.1, 0.15) is 11.5 Å². The van der Waals surface area contributed by atoms with E-state index in [1.807, 2.05) is 149 Å². The van der Waals surface area contributed by atoms with E-state index in [1.165, 1.54) is 0 Å². The molecule has 2 amide bonds. The second-order valence-corrected chi connectivity index (χ2v) is 16.8. The highest BCUT2D eigenvalue weighted by atomic mass is 16.8. The number of amides is 2. The summed E-state index contributed by atoms with van der Waals surface area (Å²) in [5.74, 6) is 1.42. The Labute approximate surface area is 392 Å². The number of benzene rings is 4. The van der Waals surface area contributed by atoms with Crippen LogP contribution in [0.25, 0.3) is 0 Å². The standard InChI is InChI=1S/C51H73N5O10/c1-37(63-39(3)65-50(57)55(35-43-15-13-17-48(31-43)59-11)33-41-19-23-45(24-20-41)52(5)6)61-29-27-47(54(9)10)28-30-62-38(2)64-40(4)66-51(58)56(36-44-16-14-18-49(32-44)60-12)34-42-21-25-46(26-22-42)53(7)8/h13-26,31-32,37-40,47H,27-30,33-36H2,1-12H3. The summed E-state index contributed by atoms with van der Waals surface area (Å²) >= 11 is 0. The van der Waals surface area contributed by atoms with Crippen LogP contribution in [0.4, 0.5) is 21.0 Å². The lowest BCUT2D eigenvalue weighted by Crippen LogP contribution is -2.35. The Hall–Kier alpha value is -5.58. The van der Waals surface area contributed by atoms with Gasteiger partial charge in [-0.1, -0.05) is 48.5 Å². The van der Waals surface area contributed by atoms with Crippen molar-refractivity contribution in [2.45, 2.75) is 97.9 Å². The summed E-state index contributed by atoms with van der Waals surface area (Å²) in [5, 5.41) is 0. The van der Waals surface area contributed by atoms with Gasteiger partial charge in [-0.25, -0.2) is 9.59 Å². The first-order chi connectivity index (χ1) is 31.5. The smallest absolute Gasteiger partial charge is 0.412 e. The zero-order valence-electron chi connectivity index (χ0n) is 41.1. The fourth-order valence-electron chi connectivity index (χ4n) is 7.10. The van der Waals surface area contributed by atoms with Gasteiger partial charge in [-0.2, -0.15) is 0 Å². The van der Waals surface area contributed by atoms with Crippen LogP contribution in [0.1, 0.15) is 62.8 Å². The molecule has 4 rings (SSSR count). The average molecular weight is 916 g/mol. The number of nitrogens with zero attached hydrogens (tertiary/aromatic N) is 5. The summed E-state index contributed by atoms with van der Waals surface area (Å²) in [7, 11) is 15.2. The molecule has 0 aliphatic heterocycles. The van der Waals surface area contributed by atoms with Gasteiger partial charge in [0.2, 0.25) is 12.6 Å². The second kappa shape index (κ2) is 27.2. The Morgan fingerprint density at radius 2 is 0.848 bits per heavy atom. The van der Waals surface area contributed by atoms with Gasteiger partial charge in [0, 0.05) is 71.8 Å². The van der Waals surface area contributed by atoms with Crippen molar-refractivity contribution in [1.29, 1.82) is 0 Å². The van der Waals surface area contributed by atoms with E-state index in [-0.39, 0.29) is 6.04 Å². The summed E-state index contributed by atoms with van der Waals surface area (Å²) < 4.78 is 46.3. The van der Waals surface area contributed by atoms with Crippen LogP contribution >= 0.6 is 0 Å². The second-order valence-electron chi connectivity index (χ2n) is 16.8. The van der Waals surface area contributed by atoms with Gasteiger partial charge in [0.15, 0.2) is 12.6 Å². The van der Waals surface area contributed by atoms with Gasteiger partial charge in [0.05, 0.1) is 27.4 Å². The molecule has 0 spiro atoms. The molecule has 15 nitrogen and oxygen atoms in total. The van der Waals surface area contributed by atoms with Crippen molar-refractivity contribution in [2.75, 3.05) is 79.5 Å². The zero-order chi connectivity index (χ0) is 48.2. The third-order valence-electron chi connectivity index (χ3n) is 10.8. The first-order valence-corrected chi connectivity index (χ1v) is 22.4. The van der Waals surface area contributed by atoms with Gasteiger partial charge in [0.25, 0.3) is 0 Å². The van der Waals surface area contributed by atoms with Gasteiger partial charge in [-0.3, -0.25) is 9.80 Å². The minimum absolute atomic E-state index is 0.129. The van der Waals surface area contributed by atoms with Crippen LogP contribution in [0.2, 0.25) is 0 Å². The number of rotatable bonds is 27. The summed E-state index contributed by atoms with van der Waals surface area (Å²) in [6.45, 7) is 9.05. The molecule has 15 heteroatoms. The largest absolute Gasteiger partial charge is 0.497 e. The van der Waals surface area contributed by atoms with Crippen molar-refractivity contribution in [3.05, 3.63) is 119 Å². The van der Waals surface area contributed by atoms with Crippen LogP contribution in [-0.4, -0.2) is 128 Å². The van der Waals surface area contributed by atoms with Crippen molar-refractivity contribution >= 4 is 23.6 Å². The number of methoxy groups -OCH3 is 2. The minimum Gasteiger partial charge on any atom is -0.497 e. The van der Waals surface area contributed by atoms with E-state index in [0.717, 1.165) is 33.6 Å². The molecule has 0 radical (unpaired) electrons. The number of hydrogen-bond acceptors (Lipinski definition) is 13. The first-order valence-electron chi connectivity index (χ1n) is 22.4. The molecule has 0 N–H and O–H groups in total. The quantitative estimate of drug-likeness (QED) is 0.0530. The molecule has 0 bridgehead atoms. The monoisotopic (exact) mass is 916 g/mol. The molecule has 0 aliphatic carbocycles. The van der Waals surface area contributed by atoms with E-state index >= 15 is 0 Å². The SMILES string of the molecule is COc1cccc(CN(Cc2ccc(N(C)C)cc2)C(=O)OC(C)OC(C)OCCC(CCOC(C)OC(C)OC(=O)N(Cc2ccc(N(C)C)cc2)Cc2cccc(OC)c2)N(C)C)c1. The Morgan fingerprint density at radius 1 is 0.485 bits per heavy atom. The molecule has 4 unspecified atom stereocenters.